The van der Waals surface area contributed by atoms with Crippen LogP contribution < -0.4 is 15.5 Å². The third kappa shape index (κ3) is 4.05. The van der Waals surface area contributed by atoms with Crippen molar-refractivity contribution in [3.63, 3.8) is 0 Å². The molecule has 30 heavy (non-hydrogen) atoms. The molecule has 0 saturated carbocycles. The van der Waals surface area contributed by atoms with Crippen molar-refractivity contribution in [1.82, 2.24) is 19.9 Å². The minimum absolute atomic E-state index is 0.299. The monoisotopic (exact) mass is 414 g/mol. The van der Waals surface area contributed by atoms with Gasteiger partial charge in [0, 0.05) is 24.8 Å². The summed E-state index contributed by atoms with van der Waals surface area (Å²) in [4.78, 5) is 18.7. The molecule has 0 bridgehead atoms. The molecule has 9 heteroatoms. The average molecular weight is 414 g/mol. The van der Waals surface area contributed by atoms with Gasteiger partial charge in [-0.15, -0.1) is 0 Å². The number of aromatic nitrogens is 3. The third-order valence-corrected chi connectivity index (χ3v) is 5.28. The summed E-state index contributed by atoms with van der Waals surface area (Å²) in [5.74, 6) is -0.258. The van der Waals surface area contributed by atoms with Gasteiger partial charge in [0.15, 0.2) is 5.65 Å². The highest BCUT2D eigenvalue weighted by Gasteiger charge is 2.30. The zero-order chi connectivity index (χ0) is 21.1. The van der Waals surface area contributed by atoms with Crippen molar-refractivity contribution < 1.29 is 13.6 Å². The summed E-state index contributed by atoms with van der Waals surface area (Å²) in [6.07, 6.45) is 6.73. The Kier molecular flexibility index (Phi) is 5.78. The number of halogens is 2. The Morgan fingerprint density at radius 1 is 1.30 bits per heavy atom. The van der Waals surface area contributed by atoms with Crippen LogP contribution in [-0.4, -0.2) is 33.7 Å². The first-order chi connectivity index (χ1) is 14.6. The topological polar surface area (TPSA) is 74.6 Å². The van der Waals surface area contributed by atoms with Gasteiger partial charge in [-0.05, 0) is 43.5 Å². The minimum Gasteiger partial charge on any atom is -0.349 e. The van der Waals surface area contributed by atoms with Crippen molar-refractivity contribution in [1.29, 1.82) is 0 Å². The Hall–Kier alpha value is -3.23. The number of rotatable bonds is 6. The maximum atomic E-state index is 14.4. The average Bonchev–Trinajstić information content (AvgIpc) is 3.37. The molecule has 2 aromatic heterocycles. The number of benzene rings is 1. The summed E-state index contributed by atoms with van der Waals surface area (Å²) >= 11 is 0. The van der Waals surface area contributed by atoms with Crippen LogP contribution in [0.15, 0.2) is 36.7 Å². The fraction of sp³-hybridized carbons (Fsp3) is 0.381. The lowest BCUT2D eigenvalue weighted by atomic mass is 10.0. The third-order valence-electron chi connectivity index (χ3n) is 5.28. The predicted molar refractivity (Wildman–Crippen MR) is 111 cm³/mol. The van der Waals surface area contributed by atoms with E-state index < -0.39 is 11.6 Å². The first-order valence-electron chi connectivity index (χ1n) is 10.2. The quantitative estimate of drug-likeness (QED) is 0.591. The van der Waals surface area contributed by atoms with Crippen molar-refractivity contribution in [3.05, 3.63) is 53.9 Å². The van der Waals surface area contributed by atoms with Crippen LogP contribution in [0.3, 0.4) is 0 Å². The molecule has 4 rings (SSSR count). The molecular formula is C21H24F2N6O. The summed E-state index contributed by atoms with van der Waals surface area (Å²) in [6.45, 7) is 3.32. The van der Waals surface area contributed by atoms with Gasteiger partial charge in [0.05, 0.1) is 12.2 Å². The molecule has 1 fully saturated rings. The molecule has 3 heterocycles. The van der Waals surface area contributed by atoms with E-state index >= 15 is 0 Å². The van der Waals surface area contributed by atoms with Crippen molar-refractivity contribution >= 4 is 23.2 Å². The Bertz CT molecular complexity index is 1050. The van der Waals surface area contributed by atoms with E-state index in [0.29, 0.717) is 42.2 Å². The van der Waals surface area contributed by atoms with Crippen molar-refractivity contribution in [3.8, 4) is 0 Å². The van der Waals surface area contributed by atoms with Crippen LogP contribution in [0, 0.1) is 11.6 Å². The first kappa shape index (κ1) is 20.1. The lowest BCUT2D eigenvalue weighted by Crippen LogP contribution is -2.29. The number of nitrogens with zero attached hydrogens (tertiary/aromatic N) is 4. The van der Waals surface area contributed by atoms with Crippen LogP contribution in [0.1, 0.15) is 44.2 Å². The zero-order valence-corrected chi connectivity index (χ0v) is 16.7. The number of amides is 2. The van der Waals surface area contributed by atoms with Gasteiger partial charge in [-0.25, -0.2) is 23.1 Å². The van der Waals surface area contributed by atoms with Crippen LogP contribution in [-0.2, 0) is 0 Å². The summed E-state index contributed by atoms with van der Waals surface area (Å²) in [5, 5.41) is 9.79. The van der Waals surface area contributed by atoms with Gasteiger partial charge in [0.1, 0.15) is 23.1 Å². The van der Waals surface area contributed by atoms with Gasteiger partial charge >= 0.3 is 6.03 Å². The number of unbranched alkanes of at least 4 members (excludes halogenated alkanes) is 1. The molecule has 0 spiro atoms. The van der Waals surface area contributed by atoms with E-state index in [0.717, 1.165) is 31.4 Å². The van der Waals surface area contributed by atoms with E-state index in [-0.39, 0.29) is 12.1 Å². The van der Waals surface area contributed by atoms with E-state index in [9.17, 15) is 13.6 Å². The molecule has 1 aliphatic rings. The van der Waals surface area contributed by atoms with E-state index in [1.165, 1.54) is 6.07 Å². The summed E-state index contributed by atoms with van der Waals surface area (Å²) < 4.78 is 29.7. The molecule has 2 N–H and O–H groups in total. The molecule has 1 atom stereocenters. The first-order valence-corrected chi connectivity index (χ1v) is 10.2. The molecule has 158 valence electrons. The predicted octanol–water partition coefficient (Wildman–Crippen LogP) is 4.27. The molecule has 3 aromatic rings. The molecule has 1 unspecified atom stereocenters. The minimum atomic E-state index is -0.460. The number of hydrogen-bond acceptors (Lipinski definition) is 4. The Morgan fingerprint density at radius 2 is 2.17 bits per heavy atom. The van der Waals surface area contributed by atoms with Gasteiger partial charge in [0.25, 0.3) is 0 Å². The Balaban J connectivity index is 1.59. The highest BCUT2D eigenvalue weighted by molar-refractivity contribution is 5.93. The Labute approximate surface area is 173 Å². The summed E-state index contributed by atoms with van der Waals surface area (Å²) in [5.41, 5.74) is 1.30. The fourth-order valence-electron chi connectivity index (χ4n) is 3.79. The molecule has 1 aliphatic heterocycles. The second kappa shape index (κ2) is 8.64. The number of carbonyl (C=O) groups excluding carboxylic acids is 1. The van der Waals surface area contributed by atoms with Gasteiger partial charge in [-0.3, -0.25) is 0 Å². The molecule has 1 aromatic carbocycles. The van der Waals surface area contributed by atoms with E-state index in [2.05, 4.69) is 27.6 Å². The molecule has 7 nitrogen and oxygen atoms in total. The number of hydrogen-bond donors (Lipinski definition) is 2. The van der Waals surface area contributed by atoms with E-state index in [1.807, 2.05) is 4.90 Å². The SMILES string of the molecule is CCCCNC(=O)Nc1cnn2ccc(N3CCCC3c3cc(F)ccc3F)nc12. The standard InChI is InChI=1S/C21H24F2N6O/c1-2-3-9-24-21(30)26-17-13-25-29-11-8-19(27-20(17)29)28-10-4-5-18(28)15-12-14(22)6-7-16(15)23/h6-8,11-13,18H,2-5,9-10H2,1H3,(H2,24,26,30). The van der Waals surface area contributed by atoms with Gasteiger partial charge in [-0.1, -0.05) is 13.3 Å². The normalized spacial score (nSPS) is 16.2. The number of carbonyl (C=O) groups is 1. The summed E-state index contributed by atoms with van der Waals surface area (Å²) in [6, 6.07) is 4.72. The Morgan fingerprint density at radius 3 is 3.00 bits per heavy atom. The van der Waals surface area contributed by atoms with Crippen LogP contribution >= 0.6 is 0 Å². The number of fused-ring (bicyclic) bond motifs is 1. The lowest BCUT2D eigenvalue weighted by molar-refractivity contribution is 0.252. The maximum Gasteiger partial charge on any atom is 0.319 e. The van der Waals surface area contributed by atoms with Gasteiger partial charge in [0.2, 0.25) is 0 Å². The summed E-state index contributed by atoms with van der Waals surface area (Å²) in [7, 11) is 0. The van der Waals surface area contributed by atoms with E-state index in [1.54, 1.807) is 23.0 Å². The van der Waals surface area contributed by atoms with E-state index in [4.69, 9.17) is 0 Å². The molecule has 2 amide bonds. The molecule has 0 radical (unpaired) electrons. The van der Waals surface area contributed by atoms with Crippen LogP contribution in [0.25, 0.3) is 5.65 Å². The zero-order valence-electron chi connectivity index (χ0n) is 16.7. The van der Waals surface area contributed by atoms with Crippen LogP contribution in [0.5, 0.6) is 0 Å². The van der Waals surface area contributed by atoms with Gasteiger partial charge < -0.3 is 15.5 Å². The number of nitrogens with one attached hydrogen (secondary N) is 2. The van der Waals surface area contributed by atoms with Crippen molar-refractivity contribution in [2.45, 2.75) is 38.6 Å². The van der Waals surface area contributed by atoms with Gasteiger partial charge in [-0.2, -0.15) is 5.10 Å². The number of urea groups is 1. The molecular weight excluding hydrogens is 390 g/mol. The smallest absolute Gasteiger partial charge is 0.319 e. The largest absolute Gasteiger partial charge is 0.349 e. The number of anilines is 2. The molecule has 0 aliphatic carbocycles. The second-order valence-electron chi connectivity index (χ2n) is 7.36. The van der Waals surface area contributed by atoms with Crippen molar-refractivity contribution in [2.75, 3.05) is 23.3 Å². The second-order valence-corrected chi connectivity index (χ2v) is 7.36. The van der Waals surface area contributed by atoms with Crippen molar-refractivity contribution in [2.24, 2.45) is 0 Å². The lowest BCUT2D eigenvalue weighted by Gasteiger charge is -2.26. The molecule has 1 saturated heterocycles. The highest BCUT2D eigenvalue weighted by atomic mass is 19.1. The van der Waals surface area contributed by atoms with Crippen LogP contribution in [0.2, 0.25) is 0 Å². The maximum absolute atomic E-state index is 14.4. The fourth-order valence-corrected chi connectivity index (χ4v) is 3.79. The van der Waals surface area contributed by atoms with Crippen LogP contribution in [0.4, 0.5) is 25.1 Å². The highest BCUT2D eigenvalue weighted by Crippen LogP contribution is 2.37.